The first kappa shape index (κ1) is 11.0. The highest BCUT2D eigenvalue weighted by Gasteiger charge is 2.51. The fraction of sp³-hybridized carbons (Fsp3) is 0.571. The Bertz CT molecular complexity index is 422. The van der Waals surface area contributed by atoms with E-state index in [2.05, 4.69) is 5.32 Å². The highest BCUT2D eigenvalue weighted by atomic mass is 19.1. The van der Waals surface area contributed by atoms with Crippen LogP contribution in [0.15, 0.2) is 18.2 Å². The first-order valence-corrected chi connectivity index (χ1v) is 6.31. The van der Waals surface area contributed by atoms with Gasteiger partial charge in [0.2, 0.25) is 0 Å². The minimum absolute atomic E-state index is 0.267. The van der Waals surface area contributed by atoms with Gasteiger partial charge in [-0.05, 0) is 61.4 Å². The molecule has 1 aromatic carbocycles. The van der Waals surface area contributed by atoms with Crippen molar-refractivity contribution in [1.82, 2.24) is 5.32 Å². The van der Waals surface area contributed by atoms with Gasteiger partial charge in [0.1, 0.15) is 0 Å². The molecule has 1 unspecified atom stereocenters. The maximum Gasteiger partial charge on any atom is 0.165 e. The normalized spacial score (nSPS) is 25.9. The molecule has 1 aliphatic heterocycles. The smallest absolute Gasteiger partial charge is 0.165 e. The molecule has 92 valence electrons. The first-order chi connectivity index (χ1) is 8.26. The van der Waals surface area contributed by atoms with E-state index in [1.807, 2.05) is 12.1 Å². The predicted octanol–water partition coefficient (Wildman–Crippen LogP) is 2.48. The molecule has 2 nitrogen and oxygen atoms in total. The van der Waals surface area contributed by atoms with Crippen LogP contribution in [0.25, 0.3) is 0 Å². The summed E-state index contributed by atoms with van der Waals surface area (Å²) in [6.45, 7) is 2.21. The fourth-order valence-corrected chi connectivity index (χ4v) is 3.16. The lowest BCUT2D eigenvalue weighted by Crippen LogP contribution is -2.23. The molecule has 1 aromatic rings. The molecule has 0 radical (unpaired) electrons. The molecule has 1 saturated carbocycles. The number of benzene rings is 1. The van der Waals surface area contributed by atoms with Gasteiger partial charge in [-0.2, -0.15) is 0 Å². The van der Waals surface area contributed by atoms with Gasteiger partial charge < -0.3 is 10.1 Å². The molecular formula is C14H18FNO. The van der Waals surface area contributed by atoms with Crippen LogP contribution in [-0.2, 0) is 5.41 Å². The lowest BCUT2D eigenvalue weighted by molar-refractivity contribution is 0.381. The Balaban J connectivity index is 1.93. The van der Waals surface area contributed by atoms with Crippen molar-refractivity contribution in [2.75, 3.05) is 20.2 Å². The monoisotopic (exact) mass is 235 g/mol. The van der Waals surface area contributed by atoms with Gasteiger partial charge in [0.05, 0.1) is 7.11 Å². The van der Waals surface area contributed by atoms with Crippen LogP contribution >= 0.6 is 0 Å². The van der Waals surface area contributed by atoms with Gasteiger partial charge in [0.15, 0.2) is 11.6 Å². The molecule has 1 N–H and O–H groups in total. The Morgan fingerprint density at radius 2 is 2.24 bits per heavy atom. The standard InChI is InChI=1S/C14H18FNO/c1-17-13-8-10(2-3-12(13)15)14(5-6-14)11-4-7-16-9-11/h2-3,8,11,16H,4-7,9H2,1H3. The minimum atomic E-state index is -0.267. The molecule has 1 heterocycles. The quantitative estimate of drug-likeness (QED) is 0.869. The van der Waals surface area contributed by atoms with Crippen molar-refractivity contribution < 1.29 is 9.13 Å². The first-order valence-electron chi connectivity index (χ1n) is 6.31. The average molecular weight is 235 g/mol. The van der Waals surface area contributed by atoms with Crippen molar-refractivity contribution in [2.45, 2.75) is 24.7 Å². The number of methoxy groups -OCH3 is 1. The van der Waals surface area contributed by atoms with Crippen molar-refractivity contribution in [3.63, 3.8) is 0 Å². The third-order valence-electron chi connectivity index (χ3n) is 4.36. The van der Waals surface area contributed by atoms with E-state index in [0.29, 0.717) is 17.1 Å². The molecule has 1 aliphatic carbocycles. The number of hydrogen-bond acceptors (Lipinski definition) is 2. The van der Waals surface area contributed by atoms with Crippen molar-refractivity contribution in [3.8, 4) is 5.75 Å². The lowest BCUT2D eigenvalue weighted by atomic mass is 9.82. The van der Waals surface area contributed by atoms with Gasteiger partial charge in [-0.1, -0.05) is 6.07 Å². The molecule has 0 aromatic heterocycles. The number of ether oxygens (including phenoxy) is 1. The molecule has 1 atom stereocenters. The zero-order valence-corrected chi connectivity index (χ0v) is 10.1. The molecular weight excluding hydrogens is 217 g/mol. The number of halogens is 1. The Labute approximate surface area is 101 Å². The van der Waals surface area contributed by atoms with E-state index in [1.54, 1.807) is 0 Å². The van der Waals surface area contributed by atoms with E-state index in [0.717, 1.165) is 13.1 Å². The van der Waals surface area contributed by atoms with Crippen LogP contribution in [0.2, 0.25) is 0 Å². The maximum atomic E-state index is 13.4. The number of nitrogens with one attached hydrogen (secondary N) is 1. The van der Waals surface area contributed by atoms with Gasteiger partial charge in [0, 0.05) is 0 Å². The zero-order chi connectivity index (χ0) is 11.9. The Kier molecular flexibility index (Phi) is 2.58. The minimum Gasteiger partial charge on any atom is -0.494 e. The summed E-state index contributed by atoms with van der Waals surface area (Å²) >= 11 is 0. The van der Waals surface area contributed by atoms with Crippen LogP contribution in [0.3, 0.4) is 0 Å². The van der Waals surface area contributed by atoms with Crippen molar-refractivity contribution in [2.24, 2.45) is 5.92 Å². The van der Waals surface area contributed by atoms with Crippen LogP contribution in [0.5, 0.6) is 5.75 Å². The highest BCUT2D eigenvalue weighted by Crippen LogP contribution is 2.56. The second kappa shape index (κ2) is 3.98. The molecule has 2 fully saturated rings. The SMILES string of the molecule is COc1cc(C2(C3CCNC3)CC2)ccc1F. The van der Waals surface area contributed by atoms with Crippen LogP contribution in [0.4, 0.5) is 4.39 Å². The van der Waals surface area contributed by atoms with Gasteiger partial charge >= 0.3 is 0 Å². The molecule has 17 heavy (non-hydrogen) atoms. The molecule has 3 heteroatoms. The summed E-state index contributed by atoms with van der Waals surface area (Å²) < 4.78 is 18.5. The molecule has 2 aliphatic rings. The highest BCUT2D eigenvalue weighted by molar-refractivity contribution is 5.39. The molecule has 1 saturated heterocycles. The summed E-state index contributed by atoms with van der Waals surface area (Å²) in [5.74, 6) is 0.814. The molecule has 3 rings (SSSR count). The summed E-state index contributed by atoms with van der Waals surface area (Å²) in [5.41, 5.74) is 1.55. The third-order valence-corrected chi connectivity index (χ3v) is 4.36. The Hall–Kier alpha value is -1.09. The van der Waals surface area contributed by atoms with E-state index in [4.69, 9.17) is 4.74 Å². The van der Waals surface area contributed by atoms with E-state index in [1.165, 1.54) is 38.0 Å². The lowest BCUT2D eigenvalue weighted by Gasteiger charge is -2.23. The summed E-state index contributed by atoms with van der Waals surface area (Å²) in [6.07, 6.45) is 3.70. The van der Waals surface area contributed by atoms with Gasteiger partial charge in [-0.25, -0.2) is 4.39 Å². The largest absolute Gasteiger partial charge is 0.494 e. The van der Waals surface area contributed by atoms with Crippen LogP contribution < -0.4 is 10.1 Å². The summed E-state index contributed by atoms with van der Waals surface area (Å²) in [5, 5.41) is 3.42. The van der Waals surface area contributed by atoms with Gasteiger partial charge in [-0.3, -0.25) is 0 Å². The molecule has 0 amide bonds. The maximum absolute atomic E-state index is 13.4. The third kappa shape index (κ3) is 1.73. The van der Waals surface area contributed by atoms with Crippen molar-refractivity contribution in [1.29, 1.82) is 0 Å². The summed E-state index contributed by atoms with van der Waals surface area (Å²) in [7, 11) is 1.53. The second-order valence-corrected chi connectivity index (χ2v) is 5.20. The summed E-state index contributed by atoms with van der Waals surface area (Å²) in [4.78, 5) is 0. The van der Waals surface area contributed by atoms with E-state index >= 15 is 0 Å². The van der Waals surface area contributed by atoms with E-state index in [-0.39, 0.29) is 5.82 Å². The second-order valence-electron chi connectivity index (χ2n) is 5.20. The fourth-order valence-electron chi connectivity index (χ4n) is 3.16. The van der Waals surface area contributed by atoms with Crippen LogP contribution in [0, 0.1) is 11.7 Å². The number of rotatable bonds is 3. The van der Waals surface area contributed by atoms with E-state index < -0.39 is 0 Å². The van der Waals surface area contributed by atoms with Crippen molar-refractivity contribution in [3.05, 3.63) is 29.6 Å². The predicted molar refractivity (Wildman–Crippen MR) is 64.8 cm³/mol. The van der Waals surface area contributed by atoms with Crippen LogP contribution in [0.1, 0.15) is 24.8 Å². The van der Waals surface area contributed by atoms with Crippen molar-refractivity contribution >= 4 is 0 Å². The Morgan fingerprint density at radius 1 is 1.41 bits per heavy atom. The Morgan fingerprint density at radius 3 is 2.82 bits per heavy atom. The van der Waals surface area contributed by atoms with E-state index in [9.17, 15) is 4.39 Å². The van der Waals surface area contributed by atoms with Crippen LogP contribution in [-0.4, -0.2) is 20.2 Å². The molecule has 0 spiro atoms. The summed E-state index contributed by atoms with van der Waals surface area (Å²) in [6, 6.07) is 5.36. The van der Waals surface area contributed by atoms with Gasteiger partial charge in [0.25, 0.3) is 0 Å². The topological polar surface area (TPSA) is 21.3 Å². The molecule has 0 bridgehead atoms. The van der Waals surface area contributed by atoms with Gasteiger partial charge in [-0.15, -0.1) is 0 Å². The average Bonchev–Trinajstić information content (AvgIpc) is 2.97. The zero-order valence-electron chi connectivity index (χ0n) is 10.1. The number of hydrogen-bond donors (Lipinski definition) is 1.